The van der Waals surface area contributed by atoms with E-state index < -0.39 is 11.9 Å². The van der Waals surface area contributed by atoms with Gasteiger partial charge in [-0.15, -0.1) is 0 Å². The molecule has 0 saturated heterocycles. The first-order valence-electron chi connectivity index (χ1n) is 7.33. The second kappa shape index (κ2) is 8.05. The van der Waals surface area contributed by atoms with Crippen molar-refractivity contribution >= 4 is 17.6 Å². The van der Waals surface area contributed by atoms with Crippen molar-refractivity contribution in [2.75, 3.05) is 33.8 Å². The monoisotopic (exact) mass is 345 g/mol. The van der Waals surface area contributed by atoms with Gasteiger partial charge in [-0.05, 0) is 18.2 Å². The zero-order valence-electron chi connectivity index (χ0n) is 14.4. The van der Waals surface area contributed by atoms with Gasteiger partial charge in [-0.3, -0.25) is 4.79 Å². The summed E-state index contributed by atoms with van der Waals surface area (Å²) in [6, 6.07) is 9.59. The summed E-state index contributed by atoms with van der Waals surface area (Å²) in [5.74, 6) is 0.169. The molecule has 0 unspecified atom stereocenters. The minimum atomic E-state index is -0.490. The van der Waals surface area contributed by atoms with Crippen molar-refractivity contribution in [1.82, 2.24) is 0 Å². The number of hydrogen-bond donors (Lipinski definition) is 1. The van der Waals surface area contributed by atoms with Crippen molar-refractivity contribution in [3.8, 4) is 17.2 Å². The van der Waals surface area contributed by atoms with E-state index in [9.17, 15) is 9.59 Å². The molecule has 7 nitrogen and oxygen atoms in total. The number of amides is 1. The van der Waals surface area contributed by atoms with E-state index in [0.717, 1.165) is 0 Å². The summed E-state index contributed by atoms with van der Waals surface area (Å²) in [4.78, 5) is 24.3. The summed E-state index contributed by atoms with van der Waals surface area (Å²) in [6.07, 6.45) is 0. The highest BCUT2D eigenvalue weighted by Crippen LogP contribution is 2.34. The third-order valence-electron chi connectivity index (χ3n) is 3.48. The molecule has 0 saturated carbocycles. The maximum Gasteiger partial charge on any atom is 0.337 e. The van der Waals surface area contributed by atoms with Crippen molar-refractivity contribution in [3.63, 3.8) is 0 Å². The zero-order valence-corrected chi connectivity index (χ0v) is 14.4. The maximum atomic E-state index is 12.7. The number of nitrogens with one attached hydrogen (secondary N) is 1. The molecule has 0 spiro atoms. The molecule has 0 atom stereocenters. The molecule has 0 aliphatic heterocycles. The summed E-state index contributed by atoms with van der Waals surface area (Å²) in [5.41, 5.74) is 0.982. The van der Waals surface area contributed by atoms with Gasteiger partial charge >= 0.3 is 5.97 Å². The lowest BCUT2D eigenvalue weighted by molar-refractivity contribution is 0.0600. The van der Waals surface area contributed by atoms with E-state index in [1.807, 2.05) is 0 Å². The Morgan fingerprint density at radius 2 is 1.52 bits per heavy atom. The fraction of sp³-hybridized carbons (Fsp3) is 0.222. The Morgan fingerprint density at radius 3 is 2.04 bits per heavy atom. The van der Waals surface area contributed by atoms with Crippen molar-refractivity contribution in [2.45, 2.75) is 0 Å². The van der Waals surface area contributed by atoms with Gasteiger partial charge in [0, 0.05) is 17.8 Å². The lowest BCUT2D eigenvalue weighted by Crippen LogP contribution is -2.15. The number of hydrogen-bond acceptors (Lipinski definition) is 6. The molecule has 0 aromatic heterocycles. The zero-order chi connectivity index (χ0) is 18.4. The Hall–Kier alpha value is -3.22. The first-order valence-corrected chi connectivity index (χ1v) is 7.33. The van der Waals surface area contributed by atoms with Gasteiger partial charge in [0.2, 0.25) is 0 Å². The molecule has 0 heterocycles. The van der Waals surface area contributed by atoms with Crippen LogP contribution in [0.3, 0.4) is 0 Å². The van der Waals surface area contributed by atoms with Crippen LogP contribution in [-0.2, 0) is 4.74 Å². The fourth-order valence-corrected chi connectivity index (χ4v) is 2.26. The fourth-order valence-electron chi connectivity index (χ4n) is 2.26. The molecule has 7 heteroatoms. The lowest BCUT2D eigenvalue weighted by atomic mass is 10.1. The largest absolute Gasteiger partial charge is 0.496 e. The SMILES string of the molecule is COC(=O)c1cccc(NC(=O)c2c(OC)cc(OC)cc2OC)c1. The second-order valence-corrected chi connectivity index (χ2v) is 4.93. The number of benzene rings is 2. The highest BCUT2D eigenvalue weighted by molar-refractivity contribution is 6.08. The molecule has 2 aromatic carbocycles. The first-order chi connectivity index (χ1) is 12.0. The Morgan fingerprint density at radius 1 is 0.880 bits per heavy atom. The summed E-state index contributed by atoms with van der Waals surface area (Å²) in [5, 5.41) is 2.72. The summed E-state index contributed by atoms with van der Waals surface area (Å²) >= 11 is 0. The number of carbonyl (C=O) groups excluding carboxylic acids is 2. The Bertz CT molecular complexity index is 762. The second-order valence-electron chi connectivity index (χ2n) is 4.93. The molecule has 0 aliphatic rings. The third kappa shape index (κ3) is 4.00. The number of esters is 1. The number of anilines is 1. The maximum absolute atomic E-state index is 12.7. The predicted molar refractivity (Wildman–Crippen MR) is 91.8 cm³/mol. The van der Waals surface area contributed by atoms with E-state index in [1.165, 1.54) is 34.5 Å². The van der Waals surface area contributed by atoms with Crippen molar-refractivity contribution in [3.05, 3.63) is 47.5 Å². The van der Waals surface area contributed by atoms with Gasteiger partial charge in [0.05, 0.1) is 34.0 Å². The van der Waals surface area contributed by atoms with Crippen LogP contribution in [0.2, 0.25) is 0 Å². The van der Waals surface area contributed by atoms with E-state index in [-0.39, 0.29) is 5.56 Å². The Balaban J connectivity index is 2.37. The van der Waals surface area contributed by atoms with Crippen LogP contribution in [0.1, 0.15) is 20.7 Å². The van der Waals surface area contributed by atoms with Crippen LogP contribution >= 0.6 is 0 Å². The molecule has 0 radical (unpaired) electrons. The number of carbonyl (C=O) groups is 2. The summed E-state index contributed by atoms with van der Waals surface area (Å²) < 4.78 is 20.4. The molecule has 0 aliphatic carbocycles. The Labute approximate surface area is 145 Å². The minimum absolute atomic E-state index is 0.217. The van der Waals surface area contributed by atoms with E-state index in [0.29, 0.717) is 28.5 Å². The van der Waals surface area contributed by atoms with E-state index in [1.54, 1.807) is 30.3 Å². The normalized spacial score (nSPS) is 9.92. The van der Waals surface area contributed by atoms with Gasteiger partial charge in [0.1, 0.15) is 22.8 Å². The van der Waals surface area contributed by atoms with Crippen molar-refractivity contribution < 1.29 is 28.5 Å². The summed E-state index contributed by atoms with van der Waals surface area (Å²) in [7, 11) is 5.69. The van der Waals surface area contributed by atoms with Crippen molar-refractivity contribution in [1.29, 1.82) is 0 Å². The molecule has 2 aromatic rings. The number of rotatable bonds is 6. The molecule has 1 amide bonds. The number of methoxy groups -OCH3 is 4. The molecular weight excluding hydrogens is 326 g/mol. The van der Waals surface area contributed by atoms with Gasteiger partial charge < -0.3 is 24.3 Å². The standard InChI is InChI=1S/C18H19NO6/c1-22-13-9-14(23-2)16(15(10-13)24-3)17(20)19-12-7-5-6-11(8-12)18(21)25-4/h5-10H,1-4H3,(H,19,20). The van der Waals surface area contributed by atoms with Gasteiger partial charge in [0.15, 0.2) is 0 Å². The molecule has 1 N–H and O–H groups in total. The van der Waals surface area contributed by atoms with Crippen LogP contribution in [0.4, 0.5) is 5.69 Å². The summed E-state index contributed by atoms with van der Waals surface area (Å²) in [6.45, 7) is 0. The van der Waals surface area contributed by atoms with E-state index >= 15 is 0 Å². The minimum Gasteiger partial charge on any atom is -0.496 e. The molecule has 25 heavy (non-hydrogen) atoms. The molecule has 0 bridgehead atoms. The quantitative estimate of drug-likeness (QED) is 0.811. The Kier molecular flexibility index (Phi) is 5.84. The van der Waals surface area contributed by atoms with Crippen LogP contribution < -0.4 is 19.5 Å². The molecule has 0 fully saturated rings. The topological polar surface area (TPSA) is 83.1 Å². The van der Waals surface area contributed by atoms with Gasteiger partial charge in [-0.2, -0.15) is 0 Å². The van der Waals surface area contributed by atoms with Gasteiger partial charge in [-0.1, -0.05) is 6.07 Å². The highest BCUT2D eigenvalue weighted by atomic mass is 16.5. The van der Waals surface area contributed by atoms with Crippen LogP contribution in [0.15, 0.2) is 36.4 Å². The van der Waals surface area contributed by atoms with Crippen LogP contribution in [0.25, 0.3) is 0 Å². The first kappa shape index (κ1) is 18.1. The molecule has 132 valence electrons. The molecular formula is C18H19NO6. The van der Waals surface area contributed by atoms with Crippen LogP contribution in [0, 0.1) is 0 Å². The van der Waals surface area contributed by atoms with Gasteiger partial charge in [0.25, 0.3) is 5.91 Å². The average molecular weight is 345 g/mol. The van der Waals surface area contributed by atoms with Gasteiger partial charge in [-0.25, -0.2) is 4.79 Å². The number of ether oxygens (including phenoxy) is 4. The van der Waals surface area contributed by atoms with E-state index in [2.05, 4.69) is 10.1 Å². The predicted octanol–water partition coefficient (Wildman–Crippen LogP) is 2.75. The van der Waals surface area contributed by atoms with Crippen LogP contribution in [0.5, 0.6) is 17.2 Å². The van der Waals surface area contributed by atoms with Crippen molar-refractivity contribution in [2.24, 2.45) is 0 Å². The highest BCUT2D eigenvalue weighted by Gasteiger charge is 2.21. The van der Waals surface area contributed by atoms with E-state index in [4.69, 9.17) is 14.2 Å². The molecule has 2 rings (SSSR count). The smallest absolute Gasteiger partial charge is 0.337 e. The van der Waals surface area contributed by atoms with Crippen LogP contribution in [-0.4, -0.2) is 40.3 Å². The third-order valence-corrected chi connectivity index (χ3v) is 3.48. The lowest BCUT2D eigenvalue weighted by Gasteiger charge is -2.15. The average Bonchev–Trinajstić information content (AvgIpc) is 2.66.